The molecule has 1 amide bonds. The second-order valence-corrected chi connectivity index (χ2v) is 5.86. The Morgan fingerprint density at radius 3 is 2.48 bits per heavy atom. The van der Waals surface area contributed by atoms with Crippen molar-refractivity contribution >= 4 is 23.5 Å². The molecule has 0 saturated carbocycles. The fraction of sp³-hybridized carbons (Fsp3) is 0.235. The zero-order valence-corrected chi connectivity index (χ0v) is 13.4. The van der Waals surface area contributed by atoms with Gasteiger partial charge in [0, 0.05) is 18.4 Å². The van der Waals surface area contributed by atoms with Crippen LogP contribution in [0.5, 0.6) is 0 Å². The maximum Gasteiger partial charge on any atom is 0.315 e. The number of amides is 1. The molecule has 2 rings (SSSR count). The summed E-state index contributed by atoms with van der Waals surface area (Å²) in [4.78, 5) is 27.7. The summed E-state index contributed by atoms with van der Waals surface area (Å²) in [5.41, 5.74) is 0.0192. The van der Waals surface area contributed by atoms with E-state index >= 15 is 0 Å². The van der Waals surface area contributed by atoms with Gasteiger partial charge in [0.25, 0.3) is 0 Å². The van der Waals surface area contributed by atoms with E-state index in [4.69, 9.17) is 11.6 Å². The topological polar surface area (TPSA) is 79.3 Å². The monoisotopic (exact) mass is 332 g/mol. The van der Waals surface area contributed by atoms with Crippen molar-refractivity contribution in [1.29, 1.82) is 0 Å². The Morgan fingerprint density at radius 2 is 1.91 bits per heavy atom. The van der Waals surface area contributed by atoms with Gasteiger partial charge < -0.3 is 10.4 Å². The minimum atomic E-state index is -1.19. The second-order valence-electron chi connectivity index (χ2n) is 5.42. The number of nitrogens with zero attached hydrogens (tertiary/aromatic N) is 1. The van der Waals surface area contributed by atoms with Gasteiger partial charge in [-0.1, -0.05) is 41.9 Å². The predicted octanol–water partition coefficient (Wildman–Crippen LogP) is 2.44. The predicted molar refractivity (Wildman–Crippen MR) is 87.4 cm³/mol. The summed E-state index contributed by atoms with van der Waals surface area (Å²) in [6.07, 6.45) is 1.54. The molecule has 0 aliphatic rings. The lowest BCUT2D eigenvalue weighted by Gasteiger charge is -2.25. The number of carboxylic acids is 1. The summed E-state index contributed by atoms with van der Waals surface area (Å²) in [7, 11) is 0. The van der Waals surface area contributed by atoms with E-state index in [0.29, 0.717) is 16.3 Å². The quantitative estimate of drug-likeness (QED) is 0.851. The van der Waals surface area contributed by atoms with Gasteiger partial charge in [-0.2, -0.15) is 0 Å². The van der Waals surface area contributed by atoms with E-state index in [0.717, 1.165) is 0 Å². The van der Waals surface area contributed by atoms with Gasteiger partial charge >= 0.3 is 5.97 Å². The number of pyridine rings is 1. The average Bonchev–Trinajstić information content (AvgIpc) is 2.55. The Balaban J connectivity index is 2.03. The molecule has 0 saturated heterocycles. The van der Waals surface area contributed by atoms with E-state index in [2.05, 4.69) is 10.3 Å². The van der Waals surface area contributed by atoms with Crippen LogP contribution in [0.15, 0.2) is 48.7 Å². The summed E-state index contributed by atoms with van der Waals surface area (Å²) in [6, 6.07) is 12.2. The standard InChI is InChI=1S/C17H17ClN2O3/c1-17(16(22)23,12-5-3-2-4-6-12)11-20-15(21)9-14-8-7-13(18)10-19-14/h2-8,10H,9,11H2,1H3,(H,20,21)(H,22,23). The van der Waals surface area contributed by atoms with Crippen LogP contribution in [0.1, 0.15) is 18.2 Å². The Labute approximate surface area is 139 Å². The fourth-order valence-corrected chi connectivity index (χ4v) is 2.23. The normalized spacial score (nSPS) is 13.1. The smallest absolute Gasteiger partial charge is 0.315 e. The highest BCUT2D eigenvalue weighted by Gasteiger charge is 2.35. The molecule has 0 radical (unpaired) electrons. The van der Waals surface area contributed by atoms with Crippen LogP contribution in [0.4, 0.5) is 0 Å². The molecule has 6 heteroatoms. The number of nitrogens with one attached hydrogen (secondary N) is 1. The highest BCUT2D eigenvalue weighted by molar-refractivity contribution is 6.30. The first-order valence-electron chi connectivity index (χ1n) is 7.08. The number of aromatic nitrogens is 1. The molecule has 1 atom stereocenters. The van der Waals surface area contributed by atoms with Crippen LogP contribution < -0.4 is 5.32 Å². The fourth-order valence-electron chi connectivity index (χ4n) is 2.12. The van der Waals surface area contributed by atoms with E-state index < -0.39 is 11.4 Å². The number of carbonyl (C=O) groups excluding carboxylic acids is 1. The molecule has 1 heterocycles. The van der Waals surface area contributed by atoms with Gasteiger partial charge in [-0.05, 0) is 24.6 Å². The maximum atomic E-state index is 12.0. The average molecular weight is 333 g/mol. The Kier molecular flexibility index (Phi) is 5.34. The van der Waals surface area contributed by atoms with Crippen molar-refractivity contribution < 1.29 is 14.7 Å². The van der Waals surface area contributed by atoms with Gasteiger partial charge in [-0.3, -0.25) is 14.6 Å². The van der Waals surface area contributed by atoms with Crippen molar-refractivity contribution in [3.05, 3.63) is 64.9 Å². The van der Waals surface area contributed by atoms with Crippen LogP contribution in [0.25, 0.3) is 0 Å². The third-order valence-electron chi connectivity index (χ3n) is 3.65. The van der Waals surface area contributed by atoms with Crippen molar-refractivity contribution in [3.8, 4) is 0 Å². The number of carbonyl (C=O) groups is 2. The minimum absolute atomic E-state index is 0.00122. The molecule has 1 unspecified atom stereocenters. The van der Waals surface area contributed by atoms with E-state index in [1.54, 1.807) is 43.3 Å². The lowest BCUT2D eigenvalue weighted by atomic mass is 9.82. The number of rotatable bonds is 6. The van der Waals surface area contributed by atoms with Crippen LogP contribution in [0.2, 0.25) is 5.02 Å². The van der Waals surface area contributed by atoms with Gasteiger partial charge in [-0.15, -0.1) is 0 Å². The van der Waals surface area contributed by atoms with E-state index in [9.17, 15) is 14.7 Å². The van der Waals surface area contributed by atoms with Gasteiger partial charge in [0.05, 0.1) is 11.4 Å². The number of benzene rings is 1. The minimum Gasteiger partial charge on any atom is -0.481 e. The Hall–Kier alpha value is -2.40. The van der Waals surface area contributed by atoms with Crippen molar-refractivity contribution in [2.75, 3.05) is 6.54 Å². The maximum absolute atomic E-state index is 12.0. The number of hydrogen-bond acceptors (Lipinski definition) is 3. The number of halogens is 1. The Morgan fingerprint density at radius 1 is 1.22 bits per heavy atom. The first-order chi connectivity index (χ1) is 10.9. The molecule has 0 aliphatic heterocycles. The molecule has 1 aromatic carbocycles. The van der Waals surface area contributed by atoms with Gasteiger partial charge in [0.2, 0.25) is 5.91 Å². The summed E-state index contributed by atoms with van der Waals surface area (Å²) >= 11 is 5.74. The van der Waals surface area contributed by atoms with Crippen molar-refractivity contribution in [1.82, 2.24) is 10.3 Å². The zero-order chi connectivity index (χ0) is 16.9. The zero-order valence-electron chi connectivity index (χ0n) is 12.6. The lowest BCUT2D eigenvalue weighted by Crippen LogP contribution is -2.44. The van der Waals surface area contributed by atoms with Crippen molar-refractivity contribution in [3.63, 3.8) is 0 Å². The third kappa shape index (κ3) is 4.29. The molecule has 120 valence electrons. The summed E-state index contributed by atoms with van der Waals surface area (Å²) < 4.78 is 0. The van der Waals surface area contributed by atoms with Gasteiger partial charge in [0.15, 0.2) is 0 Å². The number of carboxylic acid groups (broad SMARTS) is 1. The number of hydrogen-bond donors (Lipinski definition) is 2. The molecule has 0 bridgehead atoms. The van der Waals surface area contributed by atoms with Gasteiger partial charge in [-0.25, -0.2) is 0 Å². The molecule has 2 N–H and O–H groups in total. The van der Waals surface area contributed by atoms with Crippen LogP contribution in [-0.2, 0) is 21.4 Å². The van der Waals surface area contributed by atoms with Crippen LogP contribution in [-0.4, -0.2) is 28.5 Å². The molecule has 0 spiro atoms. The summed E-state index contributed by atoms with van der Waals surface area (Å²) in [5, 5.41) is 12.7. The largest absolute Gasteiger partial charge is 0.481 e. The lowest BCUT2D eigenvalue weighted by molar-refractivity contribution is -0.143. The molecule has 2 aromatic rings. The van der Waals surface area contributed by atoms with Crippen LogP contribution >= 0.6 is 11.6 Å². The summed E-state index contributed by atoms with van der Waals surface area (Å²) in [5.74, 6) is -1.28. The van der Waals surface area contributed by atoms with Crippen molar-refractivity contribution in [2.24, 2.45) is 0 Å². The molecular weight excluding hydrogens is 316 g/mol. The molecule has 0 aliphatic carbocycles. The van der Waals surface area contributed by atoms with E-state index in [1.165, 1.54) is 6.20 Å². The van der Waals surface area contributed by atoms with E-state index in [1.807, 2.05) is 6.07 Å². The highest BCUT2D eigenvalue weighted by atomic mass is 35.5. The van der Waals surface area contributed by atoms with Crippen LogP contribution in [0, 0.1) is 0 Å². The SMILES string of the molecule is CC(CNC(=O)Cc1ccc(Cl)cn1)(C(=O)O)c1ccccc1. The Bertz CT molecular complexity index is 689. The highest BCUT2D eigenvalue weighted by Crippen LogP contribution is 2.23. The number of aliphatic carboxylic acids is 1. The molecule has 0 fully saturated rings. The molecule has 23 heavy (non-hydrogen) atoms. The first-order valence-corrected chi connectivity index (χ1v) is 7.45. The van der Waals surface area contributed by atoms with Gasteiger partial charge in [0.1, 0.15) is 5.41 Å². The molecule has 1 aromatic heterocycles. The van der Waals surface area contributed by atoms with Crippen LogP contribution in [0.3, 0.4) is 0 Å². The molecular formula is C17H17ClN2O3. The first kappa shape index (κ1) is 17.0. The molecule has 5 nitrogen and oxygen atoms in total. The van der Waals surface area contributed by atoms with E-state index in [-0.39, 0.29) is 18.9 Å². The van der Waals surface area contributed by atoms with Crippen molar-refractivity contribution in [2.45, 2.75) is 18.8 Å². The third-order valence-corrected chi connectivity index (χ3v) is 3.88. The summed E-state index contributed by atoms with van der Waals surface area (Å²) in [6.45, 7) is 1.59. The second kappa shape index (κ2) is 7.24.